The van der Waals surface area contributed by atoms with E-state index in [1.807, 2.05) is 0 Å². The molecule has 0 heterocycles. The Bertz CT molecular complexity index is 717. The van der Waals surface area contributed by atoms with Gasteiger partial charge in [0, 0.05) is 6.07 Å². The lowest BCUT2D eigenvalue weighted by Gasteiger charge is -2.05. The fourth-order valence-electron chi connectivity index (χ4n) is 1.71. The van der Waals surface area contributed by atoms with Crippen molar-refractivity contribution in [3.8, 4) is 0 Å². The minimum Gasteiger partial charge on any atom is -0.278 e. The van der Waals surface area contributed by atoms with Crippen LogP contribution < -0.4 is 5.43 Å². The zero-order valence-electron chi connectivity index (χ0n) is 11.0. The lowest BCUT2D eigenvalue weighted by atomic mass is 10.1. The van der Waals surface area contributed by atoms with Gasteiger partial charge in [-0.1, -0.05) is 35.3 Å². The van der Waals surface area contributed by atoms with Crippen molar-refractivity contribution in [2.45, 2.75) is 6.92 Å². The van der Waals surface area contributed by atoms with Crippen molar-refractivity contribution < 1.29 is 4.92 Å². The summed E-state index contributed by atoms with van der Waals surface area (Å²) in [6.45, 7) is 1.69. The van der Waals surface area contributed by atoms with E-state index in [1.54, 1.807) is 43.3 Å². The monoisotopic (exact) mass is 323 g/mol. The van der Waals surface area contributed by atoms with E-state index < -0.39 is 4.92 Å². The number of nitro benzene ring substituents is 1. The van der Waals surface area contributed by atoms with Gasteiger partial charge < -0.3 is 0 Å². The highest BCUT2D eigenvalue weighted by atomic mass is 35.5. The maximum absolute atomic E-state index is 11.0. The van der Waals surface area contributed by atoms with Gasteiger partial charge in [-0.05, 0) is 31.2 Å². The van der Waals surface area contributed by atoms with Gasteiger partial charge >= 0.3 is 0 Å². The second-order valence-electron chi connectivity index (χ2n) is 4.21. The molecule has 0 aliphatic carbocycles. The van der Waals surface area contributed by atoms with Gasteiger partial charge in [-0.2, -0.15) is 5.10 Å². The van der Waals surface area contributed by atoms with Crippen LogP contribution in [0.25, 0.3) is 0 Å². The predicted octanol–water partition coefficient (Wildman–Crippen LogP) is 4.74. The molecule has 0 saturated heterocycles. The number of hydrogen-bond donors (Lipinski definition) is 1. The fraction of sp³-hybridized carbons (Fsp3) is 0.0714. The Morgan fingerprint density at radius 2 is 1.90 bits per heavy atom. The number of nitrogens with one attached hydrogen (secondary N) is 1. The van der Waals surface area contributed by atoms with Crippen LogP contribution in [0.3, 0.4) is 0 Å². The molecular weight excluding hydrogens is 313 g/mol. The largest absolute Gasteiger partial charge is 0.278 e. The number of halogens is 2. The summed E-state index contributed by atoms with van der Waals surface area (Å²) in [5.41, 5.74) is 4.40. The van der Waals surface area contributed by atoms with E-state index in [2.05, 4.69) is 10.5 Å². The number of hydrogen-bond acceptors (Lipinski definition) is 4. The minimum absolute atomic E-state index is 0.00897. The standard InChI is InChI=1S/C14H11Cl2N3O2/c1-9(11-4-2-3-5-14(11)19(20)21)17-18-10-6-7-12(15)13(16)8-10/h2-8,18H,1H3/b17-9+. The van der Waals surface area contributed by atoms with Crippen molar-refractivity contribution in [3.05, 3.63) is 68.2 Å². The SMILES string of the molecule is C/C(=N\Nc1ccc(Cl)c(Cl)c1)c1ccccc1[N+](=O)[O-]. The quantitative estimate of drug-likeness (QED) is 0.502. The number of hydrazone groups is 1. The first-order valence-corrected chi connectivity index (χ1v) is 6.74. The molecule has 0 aliphatic heterocycles. The van der Waals surface area contributed by atoms with Crippen LogP contribution >= 0.6 is 23.2 Å². The van der Waals surface area contributed by atoms with Crippen LogP contribution in [0.1, 0.15) is 12.5 Å². The maximum Gasteiger partial charge on any atom is 0.278 e. The van der Waals surface area contributed by atoms with Crippen molar-refractivity contribution in [1.29, 1.82) is 0 Å². The second kappa shape index (κ2) is 6.56. The third kappa shape index (κ3) is 3.71. The van der Waals surface area contributed by atoms with Gasteiger partial charge in [-0.25, -0.2) is 0 Å². The van der Waals surface area contributed by atoms with Gasteiger partial charge in [0.1, 0.15) is 0 Å². The molecule has 0 aromatic heterocycles. The molecule has 108 valence electrons. The average Bonchev–Trinajstić information content (AvgIpc) is 2.48. The molecule has 0 atom stereocenters. The van der Waals surface area contributed by atoms with Gasteiger partial charge in [0.15, 0.2) is 0 Å². The highest BCUT2D eigenvalue weighted by Crippen LogP contribution is 2.25. The summed E-state index contributed by atoms with van der Waals surface area (Å²) >= 11 is 11.7. The van der Waals surface area contributed by atoms with Gasteiger partial charge in [-0.3, -0.25) is 15.5 Å². The van der Waals surface area contributed by atoms with E-state index in [9.17, 15) is 10.1 Å². The molecule has 21 heavy (non-hydrogen) atoms. The summed E-state index contributed by atoms with van der Waals surface area (Å²) in [5, 5.41) is 16.0. The summed E-state index contributed by atoms with van der Waals surface area (Å²) in [7, 11) is 0. The van der Waals surface area contributed by atoms with E-state index in [-0.39, 0.29) is 5.69 Å². The summed E-state index contributed by atoms with van der Waals surface area (Å²) in [5.74, 6) is 0. The maximum atomic E-state index is 11.0. The first-order valence-electron chi connectivity index (χ1n) is 5.98. The van der Waals surface area contributed by atoms with Crippen LogP contribution in [0.2, 0.25) is 10.0 Å². The van der Waals surface area contributed by atoms with Crippen LogP contribution in [0.4, 0.5) is 11.4 Å². The molecular formula is C14H11Cl2N3O2. The van der Waals surface area contributed by atoms with Gasteiger partial charge in [0.25, 0.3) is 5.69 Å². The summed E-state index contributed by atoms with van der Waals surface area (Å²) in [6.07, 6.45) is 0. The van der Waals surface area contributed by atoms with E-state index in [0.717, 1.165) is 0 Å². The fourth-order valence-corrected chi connectivity index (χ4v) is 2.01. The highest BCUT2D eigenvalue weighted by Gasteiger charge is 2.14. The average molecular weight is 324 g/mol. The smallest absolute Gasteiger partial charge is 0.278 e. The number of para-hydroxylation sites is 1. The molecule has 0 spiro atoms. The number of rotatable bonds is 4. The van der Waals surface area contributed by atoms with Crippen molar-refractivity contribution in [1.82, 2.24) is 0 Å². The highest BCUT2D eigenvalue weighted by molar-refractivity contribution is 6.42. The summed E-state index contributed by atoms with van der Waals surface area (Å²) in [6, 6.07) is 11.4. The van der Waals surface area contributed by atoms with Gasteiger partial charge in [0.05, 0.1) is 31.9 Å². The van der Waals surface area contributed by atoms with E-state index in [1.165, 1.54) is 6.07 Å². The minimum atomic E-state index is -0.437. The van der Waals surface area contributed by atoms with Crippen LogP contribution in [-0.2, 0) is 0 Å². The Balaban J connectivity index is 2.25. The van der Waals surface area contributed by atoms with Crippen molar-refractivity contribution in [3.63, 3.8) is 0 Å². The summed E-state index contributed by atoms with van der Waals surface area (Å²) < 4.78 is 0. The topological polar surface area (TPSA) is 67.5 Å². The van der Waals surface area contributed by atoms with Crippen molar-refractivity contribution in [2.24, 2.45) is 5.10 Å². The normalized spacial score (nSPS) is 11.3. The molecule has 0 unspecified atom stereocenters. The predicted molar refractivity (Wildman–Crippen MR) is 85.4 cm³/mol. The van der Waals surface area contributed by atoms with Gasteiger partial charge in [0.2, 0.25) is 0 Å². The third-order valence-corrected chi connectivity index (χ3v) is 3.50. The molecule has 2 aromatic rings. The number of benzene rings is 2. The molecule has 0 aliphatic rings. The lowest BCUT2D eigenvalue weighted by molar-refractivity contribution is -0.385. The van der Waals surface area contributed by atoms with Crippen molar-refractivity contribution >= 4 is 40.3 Å². The Hall–Kier alpha value is -2.11. The van der Waals surface area contributed by atoms with E-state index in [0.29, 0.717) is 27.0 Å². The van der Waals surface area contributed by atoms with E-state index in [4.69, 9.17) is 23.2 Å². The molecule has 0 bridgehead atoms. The third-order valence-electron chi connectivity index (χ3n) is 2.76. The molecule has 0 fully saturated rings. The lowest BCUT2D eigenvalue weighted by Crippen LogP contribution is -2.03. The zero-order chi connectivity index (χ0) is 15.4. The molecule has 1 N–H and O–H groups in total. The van der Waals surface area contributed by atoms with Crippen LogP contribution in [0, 0.1) is 10.1 Å². The molecule has 0 radical (unpaired) electrons. The van der Waals surface area contributed by atoms with Crippen LogP contribution in [-0.4, -0.2) is 10.6 Å². The second-order valence-corrected chi connectivity index (χ2v) is 5.03. The molecule has 5 nitrogen and oxygen atoms in total. The Kier molecular flexibility index (Phi) is 4.77. The summed E-state index contributed by atoms with van der Waals surface area (Å²) in [4.78, 5) is 10.5. The first kappa shape index (κ1) is 15.3. The zero-order valence-corrected chi connectivity index (χ0v) is 12.5. The number of nitro groups is 1. The molecule has 2 rings (SSSR count). The van der Waals surface area contributed by atoms with Crippen LogP contribution in [0.15, 0.2) is 47.6 Å². The van der Waals surface area contributed by atoms with Crippen LogP contribution in [0.5, 0.6) is 0 Å². The Morgan fingerprint density at radius 3 is 2.57 bits per heavy atom. The first-order chi connectivity index (χ1) is 9.99. The molecule has 0 saturated carbocycles. The van der Waals surface area contributed by atoms with E-state index >= 15 is 0 Å². The Labute approximate surface area is 131 Å². The van der Waals surface area contributed by atoms with Gasteiger partial charge in [-0.15, -0.1) is 0 Å². The number of anilines is 1. The molecule has 0 amide bonds. The molecule has 7 heteroatoms. The van der Waals surface area contributed by atoms with Crippen molar-refractivity contribution in [2.75, 3.05) is 5.43 Å². The number of nitrogens with zero attached hydrogens (tertiary/aromatic N) is 2. The Morgan fingerprint density at radius 1 is 1.19 bits per heavy atom. The molecule has 2 aromatic carbocycles.